The quantitative estimate of drug-likeness (QED) is 0.530. The standard InChI is InChI=1S/C26H31N5O4/c1-17-6-5-7-20(16-17)24-27-21(35-29-24)8-9-22(32)30-14-10-19(11-15-30)25-28-23(18(2)34-25)26(33)31-12-3-4-13-31/h5-7,16,19H,3-4,8-15H2,1-2H3. The van der Waals surface area contributed by atoms with E-state index in [9.17, 15) is 9.59 Å². The molecule has 0 spiro atoms. The van der Waals surface area contributed by atoms with Crippen molar-refractivity contribution in [3.05, 3.63) is 53.1 Å². The summed E-state index contributed by atoms with van der Waals surface area (Å²) in [6.45, 7) is 6.68. The van der Waals surface area contributed by atoms with Gasteiger partial charge in [0.2, 0.25) is 17.6 Å². The van der Waals surface area contributed by atoms with Crippen LogP contribution in [-0.4, -0.2) is 62.9 Å². The first-order valence-electron chi connectivity index (χ1n) is 12.4. The summed E-state index contributed by atoms with van der Waals surface area (Å²) in [4.78, 5) is 38.2. The van der Waals surface area contributed by atoms with Crippen LogP contribution in [0.15, 0.2) is 33.2 Å². The fourth-order valence-corrected chi connectivity index (χ4v) is 4.87. The molecule has 0 N–H and O–H groups in total. The summed E-state index contributed by atoms with van der Waals surface area (Å²) in [6.07, 6.45) is 4.36. The van der Waals surface area contributed by atoms with Crippen LogP contribution in [-0.2, 0) is 11.2 Å². The van der Waals surface area contributed by atoms with E-state index in [1.165, 1.54) is 0 Å². The fraction of sp³-hybridized carbons (Fsp3) is 0.500. The number of oxazole rings is 1. The molecule has 0 aliphatic carbocycles. The number of hydrogen-bond donors (Lipinski definition) is 0. The molecular formula is C26H31N5O4. The summed E-state index contributed by atoms with van der Waals surface area (Å²) < 4.78 is 11.3. The Bertz CT molecular complexity index is 1200. The number of aryl methyl sites for hydroxylation is 3. The smallest absolute Gasteiger partial charge is 0.276 e. The molecule has 2 aliphatic heterocycles. The van der Waals surface area contributed by atoms with Gasteiger partial charge < -0.3 is 18.7 Å². The highest BCUT2D eigenvalue weighted by molar-refractivity contribution is 5.93. The van der Waals surface area contributed by atoms with E-state index in [0.29, 0.717) is 55.0 Å². The van der Waals surface area contributed by atoms with Gasteiger partial charge in [0.1, 0.15) is 5.76 Å². The molecule has 0 saturated carbocycles. The largest absolute Gasteiger partial charge is 0.445 e. The third kappa shape index (κ3) is 5.13. The van der Waals surface area contributed by atoms with Crippen LogP contribution in [0.25, 0.3) is 11.4 Å². The van der Waals surface area contributed by atoms with Gasteiger partial charge in [-0.2, -0.15) is 4.98 Å². The Morgan fingerprint density at radius 2 is 1.80 bits per heavy atom. The van der Waals surface area contributed by atoms with E-state index in [-0.39, 0.29) is 17.7 Å². The van der Waals surface area contributed by atoms with Gasteiger partial charge in [-0.15, -0.1) is 0 Å². The van der Waals surface area contributed by atoms with Crippen LogP contribution < -0.4 is 0 Å². The Morgan fingerprint density at radius 1 is 1.03 bits per heavy atom. The van der Waals surface area contributed by atoms with E-state index in [2.05, 4.69) is 15.1 Å². The van der Waals surface area contributed by atoms with Crippen molar-refractivity contribution in [2.45, 2.75) is 58.3 Å². The van der Waals surface area contributed by atoms with Gasteiger partial charge in [-0.05, 0) is 45.6 Å². The van der Waals surface area contributed by atoms with Crippen molar-refractivity contribution in [1.29, 1.82) is 0 Å². The maximum atomic E-state index is 12.8. The molecular weight excluding hydrogens is 446 g/mol. The minimum absolute atomic E-state index is 0.0332. The van der Waals surface area contributed by atoms with E-state index < -0.39 is 0 Å². The third-order valence-electron chi connectivity index (χ3n) is 6.90. The van der Waals surface area contributed by atoms with Crippen molar-refractivity contribution in [3.63, 3.8) is 0 Å². The maximum Gasteiger partial charge on any atom is 0.276 e. The second-order valence-electron chi connectivity index (χ2n) is 9.49. The van der Waals surface area contributed by atoms with Crippen molar-refractivity contribution in [3.8, 4) is 11.4 Å². The first-order valence-corrected chi connectivity index (χ1v) is 12.4. The van der Waals surface area contributed by atoms with Crippen LogP contribution in [0.4, 0.5) is 0 Å². The lowest BCUT2D eigenvalue weighted by molar-refractivity contribution is -0.132. The monoisotopic (exact) mass is 477 g/mol. The van der Waals surface area contributed by atoms with Crippen LogP contribution in [0.5, 0.6) is 0 Å². The molecule has 2 fully saturated rings. The number of carbonyl (C=O) groups excluding carboxylic acids is 2. The molecule has 4 heterocycles. The van der Waals surface area contributed by atoms with Gasteiger partial charge in [0.05, 0.1) is 0 Å². The average molecular weight is 478 g/mol. The SMILES string of the molecule is Cc1cccc(-c2noc(CCC(=O)N3CCC(c4nc(C(=O)N5CCCC5)c(C)o4)CC3)n2)c1. The number of amides is 2. The summed E-state index contributed by atoms with van der Waals surface area (Å²) >= 11 is 0. The van der Waals surface area contributed by atoms with E-state index in [1.807, 2.05) is 41.0 Å². The highest BCUT2D eigenvalue weighted by Crippen LogP contribution is 2.30. The third-order valence-corrected chi connectivity index (χ3v) is 6.90. The molecule has 0 unspecified atom stereocenters. The number of likely N-dealkylation sites (tertiary alicyclic amines) is 2. The summed E-state index contributed by atoms with van der Waals surface area (Å²) in [6, 6.07) is 7.92. The van der Waals surface area contributed by atoms with Gasteiger partial charge in [-0.3, -0.25) is 9.59 Å². The van der Waals surface area contributed by atoms with E-state index in [1.54, 1.807) is 6.92 Å². The normalized spacial score (nSPS) is 16.7. The minimum atomic E-state index is -0.0332. The van der Waals surface area contributed by atoms with Crippen molar-refractivity contribution >= 4 is 11.8 Å². The molecule has 2 saturated heterocycles. The van der Waals surface area contributed by atoms with Crippen LogP contribution in [0.1, 0.15) is 71.6 Å². The van der Waals surface area contributed by atoms with Gasteiger partial charge in [0.25, 0.3) is 5.91 Å². The lowest BCUT2D eigenvalue weighted by atomic mass is 9.96. The molecule has 9 nitrogen and oxygen atoms in total. The number of piperidine rings is 1. The number of rotatable bonds is 6. The zero-order valence-corrected chi connectivity index (χ0v) is 20.3. The first-order chi connectivity index (χ1) is 17.0. The number of nitrogens with zero attached hydrogens (tertiary/aromatic N) is 5. The molecule has 2 aliphatic rings. The molecule has 0 bridgehead atoms. The highest BCUT2D eigenvalue weighted by atomic mass is 16.5. The average Bonchev–Trinajstić information content (AvgIpc) is 3.63. The van der Waals surface area contributed by atoms with Crippen LogP contribution in [0, 0.1) is 13.8 Å². The Kier molecular flexibility index (Phi) is 6.66. The van der Waals surface area contributed by atoms with Crippen LogP contribution in [0.3, 0.4) is 0 Å². The second kappa shape index (κ2) is 10.0. The van der Waals surface area contributed by atoms with Gasteiger partial charge in [0.15, 0.2) is 11.6 Å². The number of carbonyl (C=O) groups is 2. The van der Waals surface area contributed by atoms with Crippen LogP contribution >= 0.6 is 0 Å². The van der Waals surface area contributed by atoms with E-state index in [0.717, 1.165) is 49.9 Å². The first kappa shape index (κ1) is 23.3. The Labute approximate surface area is 204 Å². The summed E-state index contributed by atoms with van der Waals surface area (Å²) in [5.41, 5.74) is 2.47. The molecule has 9 heteroatoms. The van der Waals surface area contributed by atoms with Gasteiger partial charge >= 0.3 is 0 Å². The zero-order valence-electron chi connectivity index (χ0n) is 20.3. The molecule has 184 valence electrons. The zero-order chi connectivity index (χ0) is 24.4. The number of benzene rings is 1. The molecule has 2 amide bonds. The molecule has 3 aromatic rings. The van der Waals surface area contributed by atoms with Crippen molar-refractivity contribution in [2.75, 3.05) is 26.2 Å². The number of aromatic nitrogens is 3. The topological polar surface area (TPSA) is 106 Å². The van der Waals surface area contributed by atoms with E-state index in [4.69, 9.17) is 8.94 Å². The van der Waals surface area contributed by atoms with Gasteiger partial charge in [-0.25, -0.2) is 4.98 Å². The molecule has 35 heavy (non-hydrogen) atoms. The predicted octanol–water partition coefficient (Wildman–Crippen LogP) is 3.92. The highest BCUT2D eigenvalue weighted by Gasteiger charge is 2.30. The minimum Gasteiger partial charge on any atom is -0.445 e. The van der Waals surface area contributed by atoms with Crippen molar-refractivity contribution < 1.29 is 18.5 Å². The molecule has 2 aromatic heterocycles. The second-order valence-corrected chi connectivity index (χ2v) is 9.49. The molecule has 1 aromatic carbocycles. The molecule has 5 rings (SSSR count). The number of hydrogen-bond acceptors (Lipinski definition) is 7. The Hall–Kier alpha value is -3.49. The summed E-state index contributed by atoms with van der Waals surface area (Å²) in [7, 11) is 0. The Morgan fingerprint density at radius 3 is 2.54 bits per heavy atom. The Balaban J connectivity index is 1.12. The maximum absolute atomic E-state index is 12.8. The van der Waals surface area contributed by atoms with Crippen LogP contribution in [0.2, 0.25) is 0 Å². The lowest BCUT2D eigenvalue weighted by Crippen LogP contribution is -2.38. The lowest BCUT2D eigenvalue weighted by Gasteiger charge is -2.30. The van der Waals surface area contributed by atoms with E-state index >= 15 is 0 Å². The van der Waals surface area contributed by atoms with Gasteiger partial charge in [-0.1, -0.05) is 28.9 Å². The summed E-state index contributed by atoms with van der Waals surface area (Å²) in [5, 5.41) is 4.05. The molecule has 0 atom stereocenters. The molecule has 0 radical (unpaired) electrons. The van der Waals surface area contributed by atoms with Crippen molar-refractivity contribution in [2.24, 2.45) is 0 Å². The fourth-order valence-electron chi connectivity index (χ4n) is 4.87. The summed E-state index contributed by atoms with van der Waals surface area (Å²) in [5.74, 6) is 2.37. The van der Waals surface area contributed by atoms with Crippen molar-refractivity contribution in [1.82, 2.24) is 24.9 Å². The predicted molar refractivity (Wildman–Crippen MR) is 128 cm³/mol. The van der Waals surface area contributed by atoms with Gasteiger partial charge in [0, 0.05) is 50.5 Å².